The molecule has 0 amide bonds. The zero-order valence-electron chi connectivity index (χ0n) is 13.1. The predicted octanol–water partition coefficient (Wildman–Crippen LogP) is 3.09. The molecule has 122 valence electrons. The SMILES string of the molecule is CCCOc1ccccc1/C=N\Nc1nc(CC(=O)OC)cs1. The molecule has 1 N–H and O–H groups in total. The minimum absolute atomic E-state index is 0.159. The first-order valence-corrected chi connectivity index (χ1v) is 8.13. The average molecular weight is 333 g/mol. The van der Waals surface area contributed by atoms with Crippen LogP contribution in [0.15, 0.2) is 34.7 Å². The summed E-state index contributed by atoms with van der Waals surface area (Å²) < 4.78 is 10.3. The lowest BCUT2D eigenvalue weighted by molar-refractivity contribution is -0.139. The van der Waals surface area contributed by atoms with Crippen molar-refractivity contribution in [2.45, 2.75) is 19.8 Å². The molecule has 0 spiro atoms. The van der Waals surface area contributed by atoms with Gasteiger partial charge in [0.05, 0.1) is 32.0 Å². The van der Waals surface area contributed by atoms with Gasteiger partial charge in [-0.2, -0.15) is 5.10 Å². The molecule has 1 aromatic carbocycles. The van der Waals surface area contributed by atoms with Crippen molar-refractivity contribution in [2.24, 2.45) is 5.10 Å². The number of carbonyl (C=O) groups excluding carboxylic acids is 1. The van der Waals surface area contributed by atoms with Gasteiger partial charge in [0.15, 0.2) is 0 Å². The summed E-state index contributed by atoms with van der Waals surface area (Å²) in [5.41, 5.74) is 4.40. The quantitative estimate of drug-likeness (QED) is 0.456. The summed E-state index contributed by atoms with van der Waals surface area (Å²) in [7, 11) is 1.36. The highest BCUT2D eigenvalue weighted by Gasteiger charge is 2.07. The van der Waals surface area contributed by atoms with E-state index >= 15 is 0 Å². The molecule has 0 aliphatic carbocycles. The largest absolute Gasteiger partial charge is 0.493 e. The molecular weight excluding hydrogens is 314 g/mol. The molecule has 0 atom stereocenters. The molecule has 6 nitrogen and oxygen atoms in total. The molecule has 0 radical (unpaired) electrons. The zero-order chi connectivity index (χ0) is 16.5. The van der Waals surface area contributed by atoms with Crippen LogP contribution in [0.2, 0.25) is 0 Å². The van der Waals surface area contributed by atoms with E-state index in [1.165, 1.54) is 18.4 Å². The fourth-order valence-electron chi connectivity index (χ4n) is 1.75. The summed E-state index contributed by atoms with van der Waals surface area (Å²) in [5, 5.41) is 6.59. The Balaban J connectivity index is 1.95. The Labute approximate surface area is 139 Å². The van der Waals surface area contributed by atoms with Crippen molar-refractivity contribution in [3.05, 3.63) is 40.9 Å². The van der Waals surface area contributed by atoms with Gasteiger partial charge in [-0.1, -0.05) is 19.1 Å². The number of anilines is 1. The van der Waals surface area contributed by atoms with Crippen LogP contribution >= 0.6 is 11.3 Å². The molecule has 1 heterocycles. The van der Waals surface area contributed by atoms with E-state index in [4.69, 9.17) is 4.74 Å². The van der Waals surface area contributed by atoms with Crippen LogP contribution in [0, 0.1) is 0 Å². The van der Waals surface area contributed by atoms with Crippen LogP contribution < -0.4 is 10.2 Å². The first kappa shape index (κ1) is 17.0. The summed E-state index contributed by atoms with van der Waals surface area (Å²) in [6.45, 7) is 2.73. The molecule has 2 rings (SSSR count). The predicted molar refractivity (Wildman–Crippen MR) is 91.3 cm³/mol. The molecule has 1 aromatic heterocycles. The number of para-hydroxylation sites is 1. The molecule has 0 aliphatic heterocycles. The summed E-state index contributed by atoms with van der Waals surface area (Å²) in [6, 6.07) is 7.70. The van der Waals surface area contributed by atoms with Crippen molar-refractivity contribution >= 4 is 28.7 Å². The van der Waals surface area contributed by atoms with Crippen LogP contribution in [0.4, 0.5) is 5.13 Å². The van der Waals surface area contributed by atoms with Gasteiger partial charge in [-0.15, -0.1) is 11.3 Å². The second kappa shape index (κ2) is 8.89. The number of hydrogen-bond donors (Lipinski definition) is 1. The van der Waals surface area contributed by atoms with Crippen LogP contribution in [0.5, 0.6) is 5.75 Å². The number of aromatic nitrogens is 1. The van der Waals surface area contributed by atoms with E-state index in [2.05, 4.69) is 27.2 Å². The molecule has 0 bridgehead atoms. The Morgan fingerprint density at radius 3 is 3.04 bits per heavy atom. The lowest BCUT2D eigenvalue weighted by atomic mass is 10.2. The van der Waals surface area contributed by atoms with Crippen LogP contribution in [-0.4, -0.2) is 30.9 Å². The second-order valence-corrected chi connectivity index (χ2v) is 5.51. The van der Waals surface area contributed by atoms with E-state index in [0.717, 1.165) is 17.7 Å². The van der Waals surface area contributed by atoms with Gasteiger partial charge in [0.2, 0.25) is 5.13 Å². The lowest BCUT2D eigenvalue weighted by Crippen LogP contribution is -2.04. The maximum atomic E-state index is 11.2. The molecule has 23 heavy (non-hydrogen) atoms. The van der Waals surface area contributed by atoms with E-state index in [-0.39, 0.29) is 12.4 Å². The molecule has 0 saturated carbocycles. The van der Waals surface area contributed by atoms with Crippen LogP contribution in [-0.2, 0) is 16.0 Å². The highest BCUT2D eigenvalue weighted by Crippen LogP contribution is 2.18. The molecule has 0 fully saturated rings. The van der Waals surface area contributed by atoms with Gasteiger partial charge >= 0.3 is 5.97 Å². The van der Waals surface area contributed by atoms with Crippen molar-refractivity contribution < 1.29 is 14.3 Å². The molecule has 0 aliphatic rings. The Bertz CT molecular complexity index is 670. The van der Waals surface area contributed by atoms with Gasteiger partial charge in [0.1, 0.15) is 5.75 Å². The average Bonchev–Trinajstić information content (AvgIpc) is 3.01. The third-order valence-corrected chi connectivity index (χ3v) is 3.65. The number of nitrogens with zero attached hydrogens (tertiary/aromatic N) is 2. The highest BCUT2D eigenvalue weighted by molar-refractivity contribution is 7.13. The van der Waals surface area contributed by atoms with Crippen molar-refractivity contribution in [1.82, 2.24) is 4.98 Å². The first-order chi connectivity index (χ1) is 11.2. The third-order valence-electron chi connectivity index (χ3n) is 2.85. The van der Waals surface area contributed by atoms with Crippen LogP contribution in [0.25, 0.3) is 0 Å². The van der Waals surface area contributed by atoms with Gasteiger partial charge in [-0.05, 0) is 18.6 Å². The maximum absolute atomic E-state index is 11.2. The van der Waals surface area contributed by atoms with E-state index < -0.39 is 0 Å². The van der Waals surface area contributed by atoms with Crippen molar-refractivity contribution in [1.29, 1.82) is 0 Å². The zero-order valence-corrected chi connectivity index (χ0v) is 13.9. The van der Waals surface area contributed by atoms with Gasteiger partial charge in [0, 0.05) is 10.9 Å². The fraction of sp³-hybridized carbons (Fsp3) is 0.312. The minimum atomic E-state index is -0.313. The van der Waals surface area contributed by atoms with Crippen LogP contribution in [0.3, 0.4) is 0 Å². The molecule has 2 aromatic rings. The molecular formula is C16H19N3O3S. The topological polar surface area (TPSA) is 72.8 Å². The summed E-state index contributed by atoms with van der Waals surface area (Å²) in [4.78, 5) is 15.5. The number of thiazole rings is 1. The number of carbonyl (C=O) groups is 1. The summed E-state index contributed by atoms with van der Waals surface area (Å²) in [6.07, 6.45) is 2.80. The van der Waals surface area contributed by atoms with Gasteiger partial charge < -0.3 is 9.47 Å². The molecule has 0 saturated heterocycles. The minimum Gasteiger partial charge on any atom is -0.493 e. The Kier molecular flexibility index (Phi) is 6.56. The number of hydrogen-bond acceptors (Lipinski definition) is 7. The number of nitrogens with one attached hydrogen (secondary N) is 1. The van der Waals surface area contributed by atoms with E-state index in [0.29, 0.717) is 17.4 Å². The van der Waals surface area contributed by atoms with E-state index in [9.17, 15) is 4.79 Å². The number of rotatable bonds is 8. The van der Waals surface area contributed by atoms with Gasteiger partial charge in [-0.25, -0.2) is 4.98 Å². The Morgan fingerprint density at radius 1 is 1.43 bits per heavy atom. The fourth-order valence-corrected chi connectivity index (χ4v) is 2.41. The van der Waals surface area contributed by atoms with Crippen molar-refractivity contribution in [3.63, 3.8) is 0 Å². The Hall–Kier alpha value is -2.41. The lowest BCUT2D eigenvalue weighted by Gasteiger charge is -2.07. The number of hydrazone groups is 1. The van der Waals surface area contributed by atoms with E-state index in [1.807, 2.05) is 24.3 Å². The summed E-state index contributed by atoms with van der Waals surface area (Å²) >= 11 is 1.38. The Morgan fingerprint density at radius 2 is 2.26 bits per heavy atom. The number of methoxy groups -OCH3 is 1. The standard InChI is InChI=1S/C16H19N3O3S/c1-3-8-22-14-7-5-4-6-12(14)10-17-19-16-18-13(11-23-16)9-15(20)21-2/h4-7,10-11H,3,8-9H2,1-2H3,(H,18,19)/b17-10-. The van der Waals surface area contributed by atoms with Crippen LogP contribution in [0.1, 0.15) is 24.6 Å². The molecule has 0 unspecified atom stereocenters. The number of esters is 1. The highest BCUT2D eigenvalue weighted by atomic mass is 32.1. The second-order valence-electron chi connectivity index (χ2n) is 4.65. The number of ether oxygens (including phenoxy) is 2. The number of benzene rings is 1. The van der Waals surface area contributed by atoms with Crippen molar-refractivity contribution in [3.8, 4) is 5.75 Å². The third kappa shape index (κ3) is 5.37. The smallest absolute Gasteiger partial charge is 0.311 e. The van der Waals surface area contributed by atoms with E-state index in [1.54, 1.807) is 11.6 Å². The van der Waals surface area contributed by atoms with Gasteiger partial charge in [-0.3, -0.25) is 10.2 Å². The first-order valence-electron chi connectivity index (χ1n) is 7.25. The maximum Gasteiger partial charge on any atom is 0.311 e. The summed E-state index contributed by atoms with van der Waals surface area (Å²) in [5.74, 6) is 0.484. The van der Waals surface area contributed by atoms with Gasteiger partial charge in [0.25, 0.3) is 0 Å². The monoisotopic (exact) mass is 333 g/mol. The molecule has 7 heteroatoms. The van der Waals surface area contributed by atoms with Crippen molar-refractivity contribution in [2.75, 3.05) is 19.1 Å². The normalized spacial score (nSPS) is 10.7.